The van der Waals surface area contributed by atoms with Gasteiger partial charge in [-0.15, -0.1) is 0 Å². The maximum atomic E-state index is 12.1. The van der Waals surface area contributed by atoms with Crippen molar-refractivity contribution in [3.8, 4) is 0 Å². The third kappa shape index (κ3) is 3.96. The number of sulfone groups is 1. The molecule has 3 N–H and O–H groups in total. The fourth-order valence-corrected chi connectivity index (χ4v) is 3.42. The second-order valence-electron chi connectivity index (χ2n) is 4.36. The highest BCUT2D eigenvalue weighted by Gasteiger charge is 2.21. The molecule has 0 aromatic heterocycles. The Morgan fingerprint density at radius 3 is 2.33 bits per heavy atom. The lowest BCUT2D eigenvalue weighted by molar-refractivity contribution is -0.113. The van der Waals surface area contributed by atoms with E-state index in [0.29, 0.717) is 11.4 Å². The zero-order valence-electron chi connectivity index (χ0n) is 10.9. The molecule has 7 heteroatoms. The Morgan fingerprint density at radius 2 is 1.71 bits per heavy atom. The van der Waals surface area contributed by atoms with E-state index in [9.17, 15) is 13.2 Å². The van der Waals surface area contributed by atoms with Gasteiger partial charge in [0.05, 0.1) is 9.92 Å². The number of nitrogen functional groups attached to an aromatic ring is 1. The molecule has 0 heterocycles. The number of anilines is 2. The molecule has 0 aliphatic rings. The number of amides is 1. The second-order valence-corrected chi connectivity index (χ2v) is 6.72. The van der Waals surface area contributed by atoms with Crippen molar-refractivity contribution in [3.63, 3.8) is 0 Å². The molecule has 2 aromatic rings. The molecule has 0 aliphatic heterocycles. The van der Waals surface area contributed by atoms with Crippen LogP contribution in [-0.4, -0.2) is 20.1 Å². The highest BCUT2D eigenvalue weighted by Crippen LogP contribution is 2.22. The van der Waals surface area contributed by atoms with Gasteiger partial charge in [0.1, 0.15) is 5.75 Å². The van der Waals surface area contributed by atoms with E-state index in [1.165, 1.54) is 12.1 Å². The first kappa shape index (κ1) is 15.3. The topological polar surface area (TPSA) is 89.3 Å². The number of halogens is 1. The normalized spacial score (nSPS) is 11.1. The van der Waals surface area contributed by atoms with Crippen molar-refractivity contribution in [1.82, 2.24) is 0 Å². The van der Waals surface area contributed by atoms with Crippen molar-refractivity contribution < 1.29 is 13.2 Å². The molecule has 0 aliphatic carbocycles. The summed E-state index contributed by atoms with van der Waals surface area (Å²) < 4.78 is 24.3. The highest BCUT2D eigenvalue weighted by atomic mass is 35.5. The van der Waals surface area contributed by atoms with Gasteiger partial charge in [-0.3, -0.25) is 4.79 Å². The van der Waals surface area contributed by atoms with Crippen molar-refractivity contribution in [2.75, 3.05) is 16.8 Å². The maximum Gasteiger partial charge on any atom is 0.239 e. The SMILES string of the molecule is Nc1ccc(NC(=O)CS(=O)(=O)c2ccccc2Cl)cc1. The minimum atomic E-state index is -3.79. The van der Waals surface area contributed by atoms with Gasteiger partial charge < -0.3 is 11.1 Å². The average Bonchev–Trinajstić information content (AvgIpc) is 2.41. The second kappa shape index (κ2) is 6.15. The minimum absolute atomic E-state index is 0.0564. The van der Waals surface area contributed by atoms with Crippen molar-refractivity contribution >= 4 is 38.7 Å². The van der Waals surface area contributed by atoms with Crippen LogP contribution in [-0.2, 0) is 14.6 Å². The molecule has 5 nitrogen and oxygen atoms in total. The van der Waals surface area contributed by atoms with E-state index in [4.69, 9.17) is 17.3 Å². The van der Waals surface area contributed by atoms with Crippen LogP contribution in [0.2, 0.25) is 5.02 Å². The smallest absolute Gasteiger partial charge is 0.239 e. The molecule has 0 saturated heterocycles. The molecule has 0 saturated carbocycles. The van der Waals surface area contributed by atoms with E-state index in [1.807, 2.05) is 0 Å². The Morgan fingerprint density at radius 1 is 1.10 bits per heavy atom. The summed E-state index contributed by atoms with van der Waals surface area (Å²) in [6.45, 7) is 0. The zero-order valence-corrected chi connectivity index (χ0v) is 12.5. The number of carbonyl (C=O) groups is 1. The van der Waals surface area contributed by atoms with Crippen molar-refractivity contribution in [2.45, 2.75) is 4.90 Å². The molecule has 0 fully saturated rings. The largest absolute Gasteiger partial charge is 0.399 e. The number of benzene rings is 2. The Hall–Kier alpha value is -2.05. The summed E-state index contributed by atoms with van der Waals surface area (Å²) in [6.07, 6.45) is 0. The lowest BCUT2D eigenvalue weighted by Gasteiger charge is -2.08. The van der Waals surface area contributed by atoms with Gasteiger partial charge in [0.2, 0.25) is 5.91 Å². The summed E-state index contributed by atoms with van der Waals surface area (Å²) in [6, 6.07) is 12.4. The quantitative estimate of drug-likeness (QED) is 0.845. The molecule has 0 radical (unpaired) electrons. The standard InChI is InChI=1S/C14H13ClN2O3S/c15-12-3-1-2-4-13(12)21(19,20)9-14(18)17-11-7-5-10(16)6-8-11/h1-8H,9,16H2,(H,17,18). The molecule has 21 heavy (non-hydrogen) atoms. The summed E-state index contributed by atoms with van der Waals surface area (Å²) in [7, 11) is -3.79. The number of hydrogen-bond acceptors (Lipinski definition) is 4. The van der Waals surface area contributed by atoms with Crippen LogP contribution in [0.5, 0.6) is 0 Å². The van der Waals surface area contributed by atoms with Crippen molar-refractivity contribution in [2.24, 2.45) is 0 Å². The maximum absolute atomic E-state index is 12.1. The summed E-state index contributed by atoms with van der Waals surface area (Å²) in [5.41, 5.74) is 6.56. The predicted molar refractivity (Wildman–Crippen MR) is 83.0 cm³/mol. The van der Waals surface area contributed by atoms with Crippen LogP contribution in [0.15, 0.2) is 53.4 Å². The van der Waals surface area contributed by atoms with Crippen LogP contribution in [0.1, 0.15) is 0 Å². The Labute approximate surface area is 127 Å². The van der Waals surface area contributed by atoms with Crippen LogP contribution < -0.4 is 11.1 Å². The Balaban J connectivity index is 2.12. The number of hydrogen-bond donors (Lipinski definition) is 2. The molecule has 0 atom stereocenters. The summed E-state index contributed by atoms with van der Waals surface area (Å²) >= 11 is 5.85. The fraction of sp³-hybridized carbons (Fsp3) is 0.0714. The first-order chi connectivity index (χ1) is 9.88. The van der Waals surface area contributed by atoms with Gasteiger partial charge >= 0.3 is 0 Å². The Bertz CT molecular complexity index is 758. The van der Waals surface area contributed by atoms with Crippen LogP contribution in [0, 0.1) is 0 Å². The van der Waals surface area contributed by atoms with Gasteiger partial charge in [0.15, 0.2) is 9.84 Å². The highest BCUT2D eigenvalue weighted by molar-refractivity contribution is 7.92. The van der Waals surface area contributed by atoms with Gasteiger partial charge in [-0.25, -0.2) is 8.42 Å². The van der Waals surface area contributed by atoms with Gasteiger partial charge in [0.25, 0.3) is 0 Å². The zero-order chi connectivity index (χ0) is 15.5. The summed E-state index contributed by atoms with van der Waals surface area (Å²) in [5, 5.41) is 2.59. The molecule has 1 amide bonds. The van der Waals surface area contributed by atoms with E-state index < -0.39 is 21.5 Å². The number of nitrogens with two attached hydrogens (primary N) is 1. The Kier molecular flexibility index (Phi) is 4.50. The third-order valence-corrected chi connectivity index (χ3v) is 4.80. The monoisotopic (exact) mass is 324 g/mol. The van der Waals surface area contributed by atoms with Gasteiger partial charge in [-0.2, -0.15) is 0 Å². The van der Waals surface area contributed by atoms with Crippen LogP contribution in [0.3, 0.4) is 0 Å². The molecule has 110 valence electrons. The predicted octanol–water partition coefficient (Wildman–Crippen LogP) is 2.33. The summed E-state index contributed by atoms with van der Waals surface area (Å²) in [4.78, 5) is 11.8. The van der Waals surface area contributed by atoms with Crippen LogP contribution >= 0.6 is 11.6 Å². The van der Waals surface area contributed by atoms with E-state index in [-0.39, 0.29) is 9.92 Å². The molecule has 2 aromatic carbocycles. The van der Waals surface area contributed by atoms with Crippen LogP contribution in [0.4, 0.5) is 11.4 Å². The lowest BCUT2D eigenvalue weighted by Crippen LogP contribution is -2.23. The lowest BCUT2D eigenvalue weighted by atomic mass is 10.3. The van der Waals surface area contributed by atoms with Crippen molar-refractivity contribution in [3.05, 3.63) is 53.6 Å². The van der Waals surface area contributed by atoms with Crippen molar-refractivity contribution in [1.29, 1.82) is 0 Å². The third-order valence-electron chi connectivity index (χ3n) is 2.69. The molecule has 0 bridgehead atoms. The molecular formula is C14H13ClN2O3S. The summed E-state index contributed by atoms with van der Waals surface area (Å²) in [5.74, 6) is -1.32. The van der Waals surface area contributed by atoms with E-state index >= 15 is 0 Å². The van der Waals surface area contributed by atoms with Gasteiger partial charge in [0, 0.05) is 11.4 Å². The van der Waals surface area contributed by atoms with Crippen LogP contribution in [0.25, 0.3) is 0 Å². The van der Waals surface area contributed by atoms with E-state index in [2.05, 4.69) is 5.32 Å². The average molecular weight is 325 g/mol. The molecular weight excluding hydrogens is 312 g/mol. The number of nitrogens with one attached hydrogen (secondary N) is 1. The van der Waals surface area contributed by atoms with E-state index in [0.717, 1.165) is 0 Å². The fourth-order valence-electron chi connectivity index (χ4n) is 1.71. The number of carbonyl (C=O) groups excluding carboxylic acids is 1. The first-order valence-corrected chi connectivity index (χ1v) is 8.04. The molecule has 2 rings (SSSR count). The van der Waals surface area contributed by atoms with Gasteiger partial charge in [-0.05, 0) is 36.4 Å². The van der Waals surface area contributed by atoms with Gasteiger partial charge in [-0.1, -0.05) is 23.7 Å². The first-order valence-electron chi connectivity index (χ1n) is 6.01. The molecule has 0 unspecified atom stereocenters. The number of rotatable bonds is 4. The van der Waals surface area contributed by atoms with E-state index in [1.54, 1.807) is 36.4 Å². The molecule has 0 spiro atoms. The minimum Gasteiger partial charge on any atom is -0.399 e.